The van der Waals surface area contributed by atoms with Crippen molar-refractivity contribution in [1.82, 2.24) is 0 Å². The fourth-order valence-corrected chi connectivity index (χ4v) is 0.645. The van der Waals surface area contributed by atoms with Crippen molar-refractivity contribution in [2.75, 3.05) is 19.8 Å². The van der Waals surface area contributed by atoms with Crippen molar-refractivity contribution >= 4 is 0 Å². The zero-order valence-electron chi connectivity index (χ0n) is 4.67. The minimum absolute atomic E-state index is 0.212. The minimum Gasteiger partial charge on any atom is -0.396 e. The average Bonchev–Trinajstić information content (AvgIpc) is 1.90. The number of aliphatic hydroxyl groups is 1. The van der Waals surface area contributed by atoms with E-state index in [0.717, 1.165) is 6.42 Å². The van der Waals surface area contributed by atoms with Gasteiger partial charge in [0.1, 0.15) is 0 Å². The molecule has 0 radical (unpaired) electrons. The first-order chi connectivity index (χ1) is 3.93. The van der Waals surface area contributed by atoms with Gasteiger partial charge in [0.05, 0.1) is 13.2 Å². The Bertz CT molecular complexity index is 58.7. The van der Waals surface area contributed by atoms with Gasteiger partial charge >= 0.3 is 0 Å². The highest BCUT2D eigenvalue weighted by Crippen LogP contribution is 2.08. The maximum atomic E-state index is 8.56. The molecule has 1 aliphatic heterocycles. The third-order valence-electron chi connectivity index (χ3n) is 1.25. The Labute approximate surface area is 48.1 Å². The van der Waals surface area contributed by atoms with Crippen LogP contribution in [0.1, 0.15) is 6.42 Å². The molecule has 1 aliphatic rings. The first-order valence-corrected chi connectivity index (χ1v) is 2.78. The summed E-state index contributed by atoms with van der Waals surface area (Å²) in [6.07, 6.45) is 0.913. The van der Waals surface area contributed by atoms with E-state index in [9.17, 15) is 0 Å². The molecular weight excluding hydrogens is 108 g/mol. The van der Waals surface area contributed by atoms with E-state index in [-0.39, 0.29) is 6.61 Å². The van der Waals surface area contributed by atoms with Gasteiger partial charge in [0.15, 0.2) is 0 Å². The Morgan fingerprint density at radius 3 is 2.75 bits per heavy atom. The van der Waals surface area contributed by atoms with Crippen LogP contribution >= 0.6 is 0 Å². The molecule has 0 aromatic rings. The van der Waals surface area contributed by atoms with Gasteiger partial charge in [-0.15, -0.1) is 0 Å². The number of hydrogen-bond donors (Lipinski definition) is 1. The molecule has 0 saturated carbocycles. The molecule has 0 aromatic carbocycles. The van der Waals surface area contributed by atoms with Crippen molar-refractivity contribution in [2.45, 2.75) is 6.42 Å². The van der Waals surface area contributed by atoms with Crippen molar-refractivity contribution in [1.29, 1.82) is 0 Å². The third kappa shape index (κ3) is 1.43. The van der Waals surface area contributed by atoms with Crippen molar-refractivity contribution in [3.05, 3.63) is 0 Å². The second-order valence-corrected chi connectivity index (χ2v) is 1.94. The summed E-state index contributed by atoms with van der Waals surface area (Å²) in [5.74, 6) is 0.295. The second-order valence-electron chi connectivity index (χ2n) is 1.94. The summed E-state index contributed by atoms with van der Waals surface area (Å²) in [5.41, 5.74) is 0. The molecule has 0 bridgehead atoms. The van der Waals surface area contributed by atoms with Crippen LogP contribution < -0.4 is 0 Å². The molecule has 1 fully saturated rings. The van der Waals surface area contributed by atoms with Crippen LogP contribution in [-0.2, 0) is 9.78 Å². The van der Waals surface area contributed by atoms with Gasteiger partial charge in [-0.3, -0.25) is 0 Å². The van der Waals surface area contributed by atoms with Crippen molar-refractivity contribution in [3.63, 3.8) is 0 Å². The molecule has 1 heterocycles. The summed E-state index contributed by atoms with van der Waals surface area (Å²) in [7, 11) is 0. The van der Waals surface area contributed by atoms with E-state index in [1.165, 1.54) is 0 Å². The molecule has 48 valence electrons. The molecule has 0 amide bonds. The topological polar surface area (TPSA) is 38.7 Å². The Kier molecular flexibility index (Phi) is 2.27. The van der Waals surface area contributed by atoms with Crippen molar-refractivity contribution in [3.8, 4) is 0 Å². The molecule has 1 saturated heterocycles. The first kappa shape index (κ1) is 6.01. The fourth-order valence-electron chi connectivity index (χ4n) is 0.645. The van der Waals surface area contributed by atoms with E-state index >= 15 is 0 Å². The summed E-state index contributed by atoms with van der Waals surface area (Å²) in [6, 6.07) is 0. The van der Waals surface area contributed by atoms with E-state index < -0.39 is 0 Å². The predicted octanol–water partition coefficient (Wildman–Crippen LogP) is -0.0532. The van der Waals surface area contributed by atoms with Gasteiger partial charge < -0.3 is 5.11 Å². The van der Waals surface area contributed by atoms with Gasteiger partial charge in [0.25, 0.3) is 0 Å². The molecule has 1 rings (SSSR count). The minimum atomic E-state index is 0.212. The van der Waals surface area contributed by atoms with Crippen LogP contribution in [0.3, 0.4) is 0 Å². The van der Waals surface area contributed by atoms with Crippen LogP contribution in [0.4, 0.5) is 0 Å². The molecule has 1 N–H and O–H groups in total. The number of rotatable bonds is 1. The monoisotopic (exact) mass is 118 g/mol. The van der Waals surface area contributed by atoms with Gasteiger partial charge in [-0.25, -0.2) is 9.78 Å². The Hall–Kier alpha value is -0.120. The summed E-state index contributed by atoms with van der Waals surface area (Å²) < 4.78 is 0. The standard InChI is InChI=1S/C5H10O3/c6-3-5-1-2-7-8-4-5/h5-6H,1-4H2. The molecular formula is C5H10O3. The summed E-state index contributed by atoms with van der Waals surface area (Å²) >= 11 is 0. The Balaban J connectivity index is 2.13. The number of hydrogen-bond acceptors (Lipinski definition) is 3. The van der Waals surface area contributed by atoms with Crippen molar-refractivity contribution in [2.24, 2.45) is 5.92 Å². The molecule has 8 heavy (non-hydrogen) atoms. The molecule has 0 spiro atoms. The van der Waals surface area contributed by atoms with Crippen LogP contribution in [0.2, 0.25) is 0 Å². The fraction of sp³-hybridized carbons (Fsp3) is 1.00. The number of aliphatic hydroxyl groups excluding tert-OH is 1. The zero-order valence-corrected chi connectivity index (χ0v) is 4.67. The van der Waals surface area contributed by atoms with Crippen LogP contribution in [0.5, 0.6) is 0 Å². The van der Waals surface area contributed by atoms with E-state index in [4.69, 9.17) is 5.11 Å². The van der Waals surface area contributed by atoms with E-state index in [1.807, 2.05) is 0 Å². The third-order valence-corrected chi connectivity index (χ3v) is 1.25. The molecule has 0 aromatic heterocycles. The summed E-state index contributed by atoms with van der Waals surface area (Å²) in [5, 5.41) is 8.56. The molecule has 3 heteroatoms. The maximum Gasteiger partial charge on any atom is 0.0873 e. The Morgan fingerprint density at radius 2 is 2.38 bits per heavy atom. The van der Waals surface area contributed by atoms with Gasteiger partial charge in [-0.05, 0) is 6.42 Å². The van der Waals surface area contributed by atoms with E-state index in [1.54, 1.807) is 0 Å². The van der Waals surface area contributed by atoms with Gasteiger partial charge in [-0.2, -0.15) is 0 Å². The lowest BCUT2D eigenvalue weighted by atomic mass is 10.1. The first-order valence-electron chi connectivity index (χ1n) is 2.78. The zero-order chi connectivity index (χ0) is 5.82. The highest BCUT2D eigenvalue weighted by Gasteiger charge is 2.12. The van der Waals surface area contributed by atoms with Crippen LogP contribution in [0.25, 0.3) is 0 Å². The van der Waals surface area contributed by atoms with E-state index in [0.29, 0.717) is 19.1 Å². The van der Waals surface area contributed by atoms with Crippen LogP contribution in [0, 0.1) is 5.92 Å². The lowest BCUT2D eigenvalue weighted by Gasteiger charge is -2.17. The molecule has 1 atom stereocenters. The largest absolute Gasteiger partial charge is 0.396 e. The van der Waals surface area contributed by atoms with Crippen LogP contribution in [-0.4, -0.2) is 24.9 Å². The quantitative estimate of drug-likeness (QED) is 0.490. The van der Waals surface area contributed by atoms with Gasteiger partial charge in [-0.1, -0.05) is 0 Å². The molecule has 0 aliphatic carbocycles. The maximum absolute atomic E-state index is 8.56. The van der Waals surface area contributed by atoms with E-state index in [2.05, 4.69) is 9.78 Å². The van der Waals surface area contributed by atoms with Gasteiger partial charge in [0.2, 0.25) is 0 Å². The summed E-state index contributed by atoms with van der Waals surface area (Å²) in [6.45, 7) is 1.37. The molecule has 3 nitrogen and oxygen atoms in total. The normalized spacial score (nSPS) is 30.4. The molecule has 1 unspecified atom stereocenters. The lowest BCUT2D eigenvalue weighted by Crippen LogP contribution is -2.21. The smallest absolute Gasteiger partial charge is 0.0873 e. The highest BCUT2D eigenvalue weighted by atomic mass is 17.2. The SMILES string of the molecule is OCC1CCOOC1. The van der Waals surface area contributed by atoms with Gasteiger partial charge in [0, 0.05) is 12.5 Å². The lowest BCUT2D eigenvalue weighted by molar-refractivity contribution is -0.325. The average molecular weight is 118 g/mol. The summed E-state index contributed by atoms with van der Waals surface area (Å²) in [4.78, 5) is 9.20. The van der Waals surface area contributed by atoms with Crippen molar-refractivity contribution < 1.29 is 14.9 Å². The predicted molar refractivity (Wildman–Crippen MR) is 27.1 cm³/mol. The highest BCUT2D eigenvalue weighted by molar-refractivity contribution is 4.56. The second kappa shape index (κ2) is 3.02. The van der Waals surface area contributed by atoms with Crippen LogP contribution in [0.15, 0.2) is 0 Å². The Morgan fingerprint density at radius 1 is 1.50 bits per heavy atom.